The SMILES string of the molecule is CC1(CSc2nc3ccccc3s2)S[C@H]2C(NC(=O)Cc3ccccc3)C(=O)N2C1C(=O)[O-].[Na+]. The van der Waals surface area contributed by atoms with E-state index in [1.165, 1.54) is 28.4 Å². The standard InChI is InChI=1S/C23H21N3O4S3.Na/c1-23(12-31-22-24-14-9-5-6-10-15(14)32-22)18(21(29)30)26-19(28)17(20(26)33-23)25-16(27)11-13-7-3-2-4-8-13;/h2-10,17-18,20H,11-12H2,1H3,(H,25,27)(H,29,30);/q;+1/p-1/t17?,18?,20-,23?;/m0./s1. The number of carbonyl (C=O) groups excluding carboxylic acids is 3. The second-order valence-corrected chi connectivity index (χ2v) is 12.1. The summed E-state index contributed by atoms with van der Waals surface area (Å²) in [5.74, 6) is -1.47. The van der Waals surface area contributed by atoms with Crippen molar-refractivity contribution in [2.45, 2.75) is 39.9 Å². The number of β-lactam (4-membered cyclic amide) rings is 1. The topological polar surface area (TPSA) is 102 Å². The molecule has 2 saturated heterocycles. The molecule has 1 N–H and O–H groups in total. The van der Waals surface area contributed by atoms with Crippen LogP contribution >= 0.6 is 34.9 Å². The first-order valence-corrected chi connectivity index (χ1v) is 13.1. The van der Waals surface area contributed by atoms with Crippen LogP contribution in [0.5, 0.6) is 0 Å². The number of carbonyl (C=O) groups is 3. The number of thiazole rings is 1. The Bertz CT molecular complexity index is 1210. The molecule has 2 aliphatic heterocycles. The van der Waals surface area contributed by atoms with E-state index in [-0.39, 0.29) is 47.8 Å². The van der Waals surface area contributed by atoms with Gasteiger partial charge in [0.1, 0.15) is 11.4 Å². The largest absolute Gasteiger partial charge is 1.00 e. The minimum atomic E-state index is -1.28. The molecule has 7 nitrogen and oxygen atoms in total. The number of hydrogen-bond donors (Lipinski definition) is 1. The Morgan fingerprint density at radius 1 is 1.18 bits per heavy atom. The van der Waals surface area contributed by atoms with Crippen LogP contribution in [0.3, 0.4) is 0 Å². The molecule has 4 atom stereocenters. The van der Waals surface area contributed by atoms with Crippen molar-refractivity contribution >= 4 is 62.9 Å². The van der Waals surface area contributed by atoms with Crippen LogP contribution in [0.1, 0.15) is 12.5 Å². The number of carboxylic acid groups (broad SMARTS) is 1. The van der Waals surface area contributed by atoms with Gasteiger partial charge in [0, 0.05) is 5.75 Å². The first-order chi connectivity index (χ1) is 15.9. The van der Waals surface area contributed by atoms with Crippen LogP contribution < -0.4 is 40.0 Å². The number of amides is 2. The van der Waals surface area contributed by atoms with Crippen molar-refractivity contribution < 1.29 is 49.0 Å². The summed E-state index contributed by atoms with van der Waals surface area (Å²) in [4.78, 5) is 43.3. The maximum Gasteiger partial charge on any atom is 1.00 e. The van der Waals surface area contributed by atoms with Crippen LogP contribution in [0.2, 0.25) is 0 Å². The maximum absolute atomic E-state index is 12.8. The molecule has 3 aromatic rings. The van der Waals surface area contributed by atoms with Crippen LogP contribution in [-0.2, 0) is 20.8 Å². The van der Waals surface area contributed by atoms with Crippen molar-refractivity contribution in [2.24, 2.45) is 0 Å². The number of benzene rings is 2. The Labute approximate surface area is 231 Å². The van der Waals surface area contributed by atoms with Crippen molar-refractivity contribution in [3.63, 3.8) is 0 Å². The van der Waals surface area contributed by atoms with E-state index in [4.69, 9.17) is 0 Å². The van der Waals surface area contributed by atoms with Gasteiger partial charge in [-0.05, 0) is 24.6 Å². The van der Waals surface area contributed by atoms with Crippen LogP contribution in [0, 0.1) is 0 Å². The third-order valence-electron chi connectivity index (χ3n) is 5.83. The Morgan fingerprint density at radius 3 is 2.59 bits per heavy atom. The molecule has 0 spiro atoms. The zero-order valence-corrected chi connectivity index (χ0v) is 23.0. The van der Waals surface area contributed by atoms with Gasteiger partial charge in [-0.1, -0.05) is 54.2 Å². The van der Waals surface area contributed by atoms with Crippen molar-refractivity contribution in [3.05, 3.63) is 60.2 Å². The Balaban J connectivity index is 0.00000274. The number of rotatable bonds is 7. The first-order valence-electron chi connectivity index (χ1n) is 10.4. The van der Waals surface area contributed by atoms with Gasteiger partial charge >= 0.3 is 29.6 Å². The van der Waals surface area contributed by atoms with Gasteiger partial charge in [0.25, 0.3) is 0 Å². The molecule has 3 unspecified atom stereocenters. The summed E-state index contributed by atoms with van der Waals surface area (Å²) in [7, 11) is 0. The number of thioether (sulfide) groups is 2. The van der Waals surface area contributed by atoms with E-state index >= 15 is 0 Å². The molecule has 0 aliphatic carbocycles. The predicted octanol–water partition coefficient (Wildman–Crippen LogP) is -1.09. The van der Waals surface area contributed by atoms with Gasteiger partial charge in [-0.2, -0.15) is 0 Å². The number of hydrogen-bond acceptors (Lipinski definition) is 8. The van der Waals surface area contributed by atoms with Crippen LogP contribution in [0.25, 0.3) is 10.2 Å². The Morgan fingerprint density at radius 2 is 1.88 bits per heavy atom. The van der Waals surface area contributed by atoms with E-state index in [0.717, 1.165) is 20.1 Å². The number of nitrogens with one attached hydrogen (secondary N) is 1. The molecule has 34 heavy (non-hydrogen) atoms. The number of nitrogens with zero attached hydrogens (tertiary/aromatic N) is 2. The third-order valence-corrected chi connectivity index (χ3v) is 10.2. The molecule has 2 fully saturated rings. The number of aromatic nitrogens is 1. The average Bonchev–Trinajstić information content (AvgIpc) is 3.34. The van der Waals surface area contributed by atoms with E-state index in [1.54, 1.807) is 11.3 Å². The van der Waals surface area contributed by atoms with Gasteiger partial charge in [-0.15, -0.1) is 23.1 Å². The molecule has 1 aromatic heterocycles. The normalized spacial score (nSPS) is 25.4. The monoisotopic (exact) mass is 521 g/mol. The number of fused-ring (bicyclic) bond motifs is 2. The van der Waals surface area contributed by atoms with Crippen LogP contribution in [0.4, 0.5) is 0 Å². The van der Waals surface area contributed by atoms with Gasteiger partial charge in [-0.25, -0.2) is 4.98 Å². The smallest absolute Gasteiger partial charge is 0.548 e. The van der Waals surface area contributed by atoms with E-state index in [0.29, 0.717) is 5.75 Å². The van der Waals surface area contributed by atoms with Crippen molar-refractivity contribution in [1.29, 1.82) is 0 Å². The van der Waals surface area contributed by atoms with Crippen molar-refractivity contribution in [1.82, 2.24) is 15.2 Å². The molecule has 170 valence electrons. The number of carboxylic acids is 1. The first kappa shape index (κ1) is 25.5. The second-order valence-electron chi connectivity index (χ2n) is 8.23. The van der Waals surface area contributed by atoms with E-state index in [2.05, 4.69) is 10.3 Å². The van der Waals surface area contributed by atoms with Crippen LogP contribution in [-0.4, -0.2) is 55.6 Å². The summed E-state index contributed by atoms with van der Waals surface area (Å²) < 4.78 is 1.14. The van der Waals surface area contributed by atoms with Crippen molar-refractivity contribution in [2.75, 3.05) is 5.75 Å². The third kappa shape index (κ3) is 4.76. The maximum atomic E-state index is 12.8. The second kappa shape index (κ2) is 10.2. The molecule has 2 aliphatic rings. The predicted molar refractivity (Wildman–Crippen MR) is 128 cm³/mol. The van der Waals surface area contributed by atoms with E-state index in [9.17, 15) is 19.5 Å². The van der Waals surface area contributed by atoms with E-state index < -0.39 is 28.2 Å². The average molecular weight is 522 g/mol. The fraction of sp³-hybridized carbons (Fsp3) is 0.304. The molecule has 5 rings (SSSR count). The zero-order chi connectivity index (χ0) is 23.2. The fourth-order valence-electron chi connectivity index (χ4n) is 4.25. The molecule has 2 aromatic carbocycles. The molecular weight excluding hydrogens is 501 g/mol. The van der Waals surface area contributed by atoms with Crippen molar-refractivity contribution in [3.8, 4) is 0 Å². The Hall–Kier alpha value is -1.56. The summed E-state index contributed by atoms with van der Waals surface area (Å²) in [5, 5.41) is 14.4. The molecule has 2 amide bonds. The van der Waals surface area contributed by atoms with E-state index in [1.807, 2.05) is 61.5 Å². The van der Waals surface area contributed by atoms with Gasteiger partial charge in [-0.3, -0.25) is 9.59 Å². The number of para-hydroxylation sites is 1. The van der Waals surface area contributed by atoms with Gasteiger partial charge < -0.3 is 20.1 Å². The quantitative estimate of drug-likeness (QED) is 0.240. The Kier molecular flexibility index (Phi) is 7.66. The summed E-state index contributed by atoms with van der Waals surface area (Å²) in [6, 6.07) is 15.3. The molecule has 0 radical (unpaired) electrons. The summed E-state index contributed by atoms with van der Waals surface area (Å²) in [6.07, 6.45) is 0.163. The van der Waals surface area contributed by atoms with Gasteiger partial charge in [0.15, 0.2) is 4.34 Å². The molecular formula is C23H20N3NaO4S3. The van der Waals surface area contributed by atoms with Gasteiger partial charge in [0.2, 0.25) is 11.8 Å². The molecule has 0 bridgehead atoms. The fourth-order valence-corrected chi connectivity index (χ4v) is 8.36. The molecule has 0 saturated carbocycles. The summed E-state index contributed by atoms with van der Waals surface area (Å²) >= 11 is 4.45. The minimum Gasteiger partial charge on any atom is -0.548 e. The molecule has 11 heteroatoms. The van der Waals surface area contributed by atoms with Crippen LogP contribution in [0.15, 0.2) is 58.9 Å². The van der Waals surface area contributed by atoms with Gasteiger partial charge in [0.05, 0.1) is 33.4 Å². The summed E-state index contributed by atoms with van der Waals surface area (Å²) in [5.41, 5.74) is 1.76. The zero-order valence-electron chi connectivity index (χ0n) is 18.6. The summed E-state index contributed by atoms with van der Waals surface area (Å²) in [6.45, 7) is 1.84. The minimum absolute atomic E-state index is 0. The molecule has 3 heterocycles. The number of aliphatic carboxylic acids is 1.